The third kappa shape index (κ3) is 6.78. The smallest absolute Gasteiger partial charge is 0.422 e. The Bertz CT molecular complexity index is 467. The average Bonchev–Trinajstić information content (AvgIpc) is 2.41. The van der Waals surface area contributed by atoms with Crippen molar-refractivity contribution in [1.82, 2.24) is 4.98 Å². The minimum atomic E-state index is -4.46. The molecule has 0 fully saturated rings. The van der Waals surface area contributed by atoms with Crippen LogP contribution in [0.2, 0.25) is 0 Å². The van der Waals surface area contributed by atoms with Crippen LogP contribution in [0.25, 0.3) is 0 Å². The second-order valence-electron chi connectivity index (χ2n) is 4.15. The van der Waals surface area contributed by atoms with Gasteiger partial charge in [0.1, 0.15) is 6.10 Å². The molecule has 0 saturated carbocycles. The third-order valence-electron chi connectivity index (χ3n) is 2.31. The molecular weight excluding hydrogens is 311 g/mol. The molecule has 1 heterocycles. The molecule has 2 unspecified atom stereocenters. The number of carbonyl (C=O) groups excluding carboxylic acids is 1. The van der Waals surface area contributed by atoms with Crippen LogP contribution in [0.1, 0.15) is 18.6 Å². The second kappa shape index (κ2) is 7.62. The lowest BCUT2D eigenvalue weighted by atomic mass is 10.1. The van der Waals surface area contributed by atoms with E-state index in [0.717, 1.165) is 24.0 Å². The summed E-state index contributed by atoms with van der Waals surface area (Å²) in [7, 11) is 0. The summed E-state index contributed by atoms with van der Waals surface area (Å²) in [4.78, 5) is 14.4. The summed E-state index contributed by atoms with van der Waals surface area (Å²) < 4.78 is 40.3. The number of ether oxygens (including phenoxy) is 1. The molecule has 9 heteroatoms. The first-order valence-electron chi connectivity index (χ1n) is 5.84. The van der Waals surface area contributed by atoms with E-state index in [4.69, 9.17) is 0 Å². The van der Waals surface area contributed by atoms with Gasteiger partial charge in [-0.1, -0.05) is 11.8 Å². The molecule has 0 radical (unpaired) electrons. The number of nitrogens with zero attached hydrogens (tertiary/aromatic N) is 1. The summed E-state index contributed by atoms with van der Waals surface area (Å²) in [5.41, 5.74) is 0.214. The topological polar surface area (TPSA) is 79.7 Å². The molecule has 0 aliphatic heterocycles. The summed E-state index contributed by atoms with van der Waals surface area (Å²) in [6, 6.07) is 2.46. The van der Waals surface area contributed by atoms with E-state index in [1.54, 1.807) is 0 Å². The van der Waals surface area contributed by atoms with Gasteiger partial charge in [-0.25, -0.2) is 4.98 Å². The predicted molar refractivity (Wildman–Crippen MR) is 69.9 cm³/mol. The van der Waals surface area contributed by atoms with Gasteiger partial charge in [-0.05, 0) is 6.07 Å². The van der Waals surface area contributed by atoms with Crippen molar-refractivity contribution in [1.29, 1.82) is 0 Å². The summed E-state index contributed by atoms with van der Waals surface area (Å²) in [6.45, 7) is -0.127. The minimum Gasteiger partial charge on any atom is -0.468 e. The molecule has 0 amide bonds. The highest BCUT2D eigenvalue weighted by Gasteiger charge is 2.28. The highest BCUT2D eigenvalue weighted by Crippen LogP contribution is 2.22. The molecule has 118 valence electrons. The summed E-state index contributed by atoms with van der Waals surface area (Å²) in [5.74, 6) is -0.237. The summed E-state index contributed by atoms with van der Waals surface area (Å²) in [5, 5.41) is 19.3. The van der Waals surface area contributed by atoms with E-state index < -0.39 is 25.0 Å². The molecule has 0 bridgehead atoms. The Morgan fingerprint density at radius 3 is 2.57 bits per heavy atom. The number of halogens is 3. The number of aliphatic hydroxyl groups excluding tert-OH is 2. The van der Waals surface area contributed by atoms with E-state index in [9.17, 15) is 28.2 Å². The van der Waals surface area contributed by atoms with E-state index in [2.05, 4.69) is 9.72 Å². The zero-order valence-electron chi connectivity index (χ0n) is 11.0. The fraction of sp³-hybridized carbons (Fsp3) is 0.500. The largest absolute Gasteiger partial charge is 0.468 e. The quantitative estimate of drug-likeness (QED) is 0.829. The predicted octanol–water partition coefficient (Wildman–Crippen LogP) is 1.70. The Morgan fingerprint density at radius 2 is 2.10 bits per heavy atom. The van der Waals surface area contributed by atoms with Crippen molar-refractivity contribution >= 4 is 16.9 Å². The molecule has 0 saturated heterocycles. The number of thioether (sulfide) groups is 1. The monoisotopic (exact) mass is 325 g/mol. The molecule has 1 aromatic heterocycles. The zero-order valence-corrected chi connectivity index (χ0v) is 11.8. The molecule has 0 spiro atoms. The van der Waals surface area contributed by atoms with Gasteiger partial charge in [-0.2, -0.15) is 13.2 Å². The first-order chi connectivity index (χ1) is 9.69. The maximum atomic E-state index is 11.9. The highest BCUT2D eigenvalue weighted by molar-refractivity contribution is 8.13. The van der Waals surface area contributed by atoms with E-state index in [-0.39, 0.29) is 22.3 Å². The Balaban J connectivity index is 2.58. The third-order valence-corrected chi connectivity index (χ3v) is 3.22. The van der Waals surface area contributed by atoms with Crippen molar-refractivity contribution < 1.29 is 32.9 Å². The Kier molecular flexibility index (Phi) is 6.43. The van der Waals surface area contributed by atoms with Gasteiger partial charge in [-0.15, -0.1) is 0 Å². The van der Waals surface area contributed by atoms with Crippen LogP contribution in [0.4, 0.5) is 13.2 Å². The van der Waals surface area contributed by atoms with Crippen molar-refractivity contribution in [2.75, 3.05) is 12.4 Å². The van der Waals surface area contributed by atoms with Crippen LogP contribution >= 0.6 is 11.8 Å². The molecule has 0 aliphatic rings. The Labute approximate surface area is 123 Å². The number of rotatable bonds is 6. The molecule has 2 atom stereocenters. The van der Waals surface area contributed by atoms with Crippen LogP contribution in [-0.4, -0.2) is 45.0 Å². The lowest BCUT2D eigenvalue weighted by molar-refractivity contribution is -0.154. The number of carbonyl (C=O) groups is 1. The maximum Gasteiger partial charge on any atom is 0.422 e. The van der Waals surface area contributed by atoms with Gasteiger partial charge in [0.2, 0.25) is 5.88 Å². The van der Waals surface area contributed by atoms with E-state index in [0.29, 0.717) is 0 Å². The van der Waals surface area contributed by atoms with Gasteiger partial charge in [0.15, 0.2) is 11.7 Å². The molecule has 5 nitrogen and oxygen atoms in total. The number of aliphatic hydroxyl groups is 2. The molecule has 1 aromatic rings. The van der Waals surface area contributed by atoms with Crippen molar-refractivity contribution in [3.05, 3.63) is 23.9 Å². The number of aromatic nitrogens is 1. The molecule has 1 rings (SSSR count). The number of alkyl halides is 3. The van der Waals surface area contributed by atoms with Gasteiger partial charge >= 0.3 is 6.18 Å². The van der Waals surface area contributed by atoms with Crippen LogP contribution in [0.15, 0.2) is 18.3 Å². The van der Waals surface area contributed by atoms with Crippen molar-refractivity contribution in [3.8, 4) is 5.88 Å². The van der Waals surface area contributed by atoms with Gasteiger partial charge < -0.3 is 14.9 Å². The highest BCUT2D eigenvalue weighted by atomic mass is 32.2. The van der Waals surface area contributed by atoms with Crippen LogP contribution in [0.3, 0.4) is 0 Å². The lowest BCUT2D eigenvalue weighted by Gasteiger charge is -2.17. The normalized spacial score (nSPS) is 14.6. The molecule has 2 N–H and O–H groups in total. The fourth-order valence-electron chi connectivity index (χ4n) is 1.32. The van der Waals surface area contributed by atoms with Crippen LogP contribution in [-0.2, 0) is 4.79 Å². The molecule has 21 heavy (non-hydrogen) atoms. The minimum absolute atomic E-state index is 0.00280. The zero-order chi connectivity index (χ0) is 16.0. The number of pyridine rings is 1. The molecular formula is C12H14F3NO4S. The van der Waals surface area contributed by atoms with Crippen molar-refractivity contribution in [3.63, 3.8) is 0 Å². The fourth-order valence-corrected chi connectivity index (χ4v) is 1.91. The van der Waals surface area contributed by atoms with Crippen LogP contribution < -0.4 is 4.74 Å². The van der Waals surface area contributed by atoms with Crippen LogP contribution in [0.5, 0.6) is 5.88 Å². The van der Waals surface area contributed by atoms with Crippen LogP contribution in [0, 0.1) is 0 Å². The second-order valence-corrected chi connectivity index (χ2v) is 5.35. The maximum absolute atomic E-state index is 11.9. The summed E-state index contributed by atoms with van der Waals surface area (Å²) in [6.07, 6.45) is -5.83. The van der Waals surface area contributed by atoms with Crippen molar-refractivity contribution in [2.45, 2.75) is 25.3 Å². The first-order valence-corrected chi connectivity index (χ1v) is 6.82. The Morgan fingerprint density at radius 1 is 1.43 bits per heavy atom. The molecule has 0 aromatic carbocycles. The van der Waals surface area contributed by atoms with Crippen molar-refractivity contribution in [2.24, 2.45) is 0 Å². The number of hydrogen-bond donors (Lipinski definition) is 2. The van der Waals surface area contributed by atoms with E-state index in [1.807, 2.05) is 0 Å². The lowest BCUT2D eigenvalue weighted by Crippen LogP contribution is -2.22. The van der Waals surface area contributed by atoms with Gasteiger partial charge in [-0.3, -0.25) is 4.79 Å². The van der Waals surface area contributed by atoms with Gasteiger partial charge in [0.25, 0.3) is 0 Å². The average molecular weight is 325 g/mol. The standard InChI is InChI=1S/C12H14F3NO4S/c1-7(17)21-5-9(18)11(19)8-2-3-10(16-4-8)20-6-12(13,14)15/h2-4,9,11,18-19H,5-6H2,1H3. The Hall–Kier alpha value is -1.32. The SMILES string of the molecule is CC(=O)SCC(O)C(O)c1ccc(OCC(F)(F)F)nc1. The number of hydrogen-bond acceptors (Lipinski definition) is 6. The van der Waals surface area contributed by atoms with E-state index in [1.165, 1.54) is 13.0 Å². The van der Waals surface area contributed by atoms with Gasteiger partial charge in [0.05, 0.1) is 6.10 Å². The van der Waals surface area contributed by atoms with E-state index >= 15 is 0 Å². The van der Waals surface area contributed by atoms with Gasteiger partial charge in [0, 0.05) is 30.5 Å². The first kappa shape index (κ1) is 17.7. The summed E-state index contributed by atoms with van der Waals surface area (Å²) >= 11 is 0.857. The molecule has 0 aliphatic carbocycles.